The molecular weight excluding hydrogens is 274 g/mol. The zero-order chi connectivity index (χ0) is 15.6. The van der Waals surface area contributed by atoms with Gasteiger partial charge in [0, 0.05) is 18.3 Å². The number of carbonyl (C=O) groups excluding carboxylic acids is 1. The summed E-state index contributed by atoms with van der Waals surface area (Å²) in [6.07, 6.45) is 0. The Morgan fingerprint density at radius 1 is 0.952 bits per heavy atom. The van der Waals surface area contributed by atoms with Crippen LogP contribution in [0.25, 0.3) is 0 Å². The van der Waals surface area contributed by atoms with Crippen molar-refractivity contribution in [2.75, 3.05) is 17.7 Å². The van der Waals surface area contributed by atoms with Gasteiger partial charge in [0.15, 0.2) is 0 Å². The Morgan fingerprint density at radius 2 is 1.48 bits per heavy atom. The van der Waals surface area contributed by atoms with Crippen molar-refractivity contribution in [3.05, 3.63) is 58.7 Å². The second-order valence-corrected chi connectivity index (χ2v) is 4.90. The third kappa shape index (κ3) is 3.37. The van der Waals surface area contributed by atoms with E-state index in [-0.39, 0.29) is 11.3 Å². The molecule has 0 heterocycles. The molecule has 0 aliphatic carbocycles. The SMILES string of the molecule is CNc1c(F)cc(C(=O)Nc2cc(C)cc(C)c2)cc1F. The molecule has 21 heavy (non-hydrogen) atoms. The number of nitrogens with one attached hydrogen (secondary N) is 2. The predicted molar refractivity (Wildman–Crippen MR) is 79.8 cm³/mol. The number of anilines is 2. The number of aryl methyl sites for hydroxylation is 2. The van der Waals surface area contributed by atoms with E-state index < -0.39 is 17.5 Å². The monoisotopic (exact) mass is 290 g/mol. The van der Waals surface area contributed by atoms with Crippen LogP contribution in [0, 0.1) is 25.5 Å². The molecule has 2 rings (SSSR count). The maximum atomic E-state index is 13.7. The lowest BCUT2D eigenvalue weighted by atomic mass is 10.1. The molecule has 0 saturated heterocycles. The average Bonchev–Trinajstić information content (AvgIpc) is 2.36. The lowest BCUT2D eigenvalue weighted by Gasteiger charge is -2.10. The summed E-state index contributed by atoms with van der Waals surface area (Å²) >= 11 is 0. The van der Waals surface area contributed by atoms with Crippen LogP contribution in [0.5, 0.6) is 0 Å². The summed E-state index contributed by atoms with van der Waals surface area (Å²) in [6.45, 7) is 3.81. The Balaban J connectivity index is 2.28. The first-order chi connectivity index (χ1) is 9.90. The summed E-state index contributed by atoms with van der Waals surface area (Å²) in [7, 11) is 1.41. The lowest BCUT2D eigenvalue weighted by molar-refractivity contribution is 0.102. The smallest absolute Gasteiger partial charge is 0.255 e. The molecule has 0 unspecified atom stereocenters. The highest BCUT2D eigenvalue weighted by molar-refractivity contribution is 6.04. The van der Waals surface area contributed by atoms with Gasteiger partial charge in [0.1, 0.15) is 17.3 Å². The van der Waals surface area contributed by atoms with Crippen LogP contribution < -0.4 is 10.6 Å². The third-order valence-corrected chi connectivity index (χ3v) is 3.03. The van der Waals surface area contributed by atoms with Gasteiger partial charge in [-0.25, -0.2) is 8.78 Å². The number of carbonyl (C=O) groups is 1. The van der Waals surface area contributed by atoms with Crippen molar-refractivity contribution in [3.8, 4) is 0 Å². The first-order valence-electron chi connectivity index (χ1n) is 6.47. The van der Waals surface area contributed by atoms with Crippen molar-refractivity contribution in [3.63, 3.8) is 0 Å². The highest BCUT2D eigenvalue weighted by Crippen LogP contribution is 2.21. The molecule has 3 nitrogen and oxygen atoms in total. The Bertz CT molecular complexity index is 655. The number of amides is 1. The zero-order valence-electron chi connectivity index (χ0n) is 12.1. The van der Waals surface area contributed by atoms with Crippen LogP contribution in [0.15, 0.2) is 30.3 Å². The highest BCUT2D eigenvalue weighted by Gasteiger charge is 2.14. The molecule has 0 aromatic heterocycles. The minimum Gasteiger partial charge on any atom is -0.383 e. The number of rotatable bonds is 3. The summed E-state index contributed by atoms with van der Waals surface area (Å²) in [5, 5.41) is 5.05. The topological polar surface area (TPSA) is 41.1 Å². The number of hydrogen-bond donors (Lipinski definition) is 2. The van der Waals surface area contributed by atoms with Crippen molar-refractivity contribution < 1.29 is 13.6 Å². The molecule has 2 aromatic carbocycles. The van der Waals surface area contributed by atoms with E-state index in [1.54, 1.807) is 12.1 Å². The third-order valence-electron chi connectivity index (χ3n) is 3.03. The van der Waals surface area contributed by atoms with E-state index in [4.69, 9.17) is 0 Å². The standard InChI is InChI=1S/C16H16F2N2O/c1-9-4-10(2)6-12(5-9)20-16(21)11-7-13(17)15(19-3)14(18)8-11/h4-8,19H,1-3H3,(H,20,21). The van der Waals surface area contributed by atoms with Gasteiger partial charge < -0.3 is 10.6 Å². The lowest BCUT2D eigenvalue weighted by Crippen LogP contribution is -2.13. The molecule has 0 bridgehead atoms. The summed E-state index contributed by atoms with van der Waals surface area (Å²) in [5.74, 6) is -2.16. The van der Waals surface area contributed by atoms with Crippen molar-refractivity contribution in [2.24, 2.45) is 0 Å². The van der Waals surface area contributed by atoms with Gasteiger partial charge in [-0.15, -0.1) is 0 Å². The van der Waals surface area contributed by atoms with Gasteiger partial charge in [0.2, 0.25) is 0 Å². The second kappa shape index (κ2) is 5.91. The predicted octanol–water partition coefficient (Wildman–Crippen LogP) is 3.88. The van der Waals surface area contributed by atoms with E-state index in [0.29, 0.717) is 5.69 Å². The summed E-state index contributed by atoms with van der Waals surface area (Å²) in [5.41, 5.74) is 2.26. The first-order valence-corrected chi connectivity index (χ1v) is 6.47. The quantitative estimate of drug-likeness (QED) is 0.900. The number of hydrogen-bond acceptors (Lipinski definition) is 2. The van der Waals surface area contributed by atoms with Crippen LogP contribution in [-0.2, 0) is 0 Å². The Morgan fingerprint density at radius 3 is 1.95 bits per heavy atom. The van der Waals surface area contributed by atoms with E-state index in [2.05, 4.69) is 10.6 Å². The molecule has 0 aliphatic heterocycles. The maximum absolute atomic E-state index is 13.7. The summed E-state index contributed by atoms with van der Waals surface area (Å²) in [4.78, 5) is 12.1. The fraction of sp³-hybridized carbons (Fsp3) is 0.188. The Kier molecular flexibility index (Phi) is 4.21. The van der Waals surface area contributed by atoms with Crippen LogP contribution in [0.4, 0.5) is 20.2 Å². The number of halogens is 2. The molecule has 5 heteroatoms. The van der Waals surface area contributed by atoms with Gasteiger partial charge in [-0.05, 0) is 49.2 Å². The summed E-state index contributed by atoms with van der Waals surface area (Å²) < 4.78 is 27.3. The molecule has 0 atom stereocenters. The van der Waals surface area contributed by atoms with E-state index in [9.17, 15) is 13.6 Å². The molecular formula is C16H16F2N2O. The van der Waals surface area contributed by atoms with E-state index in [1.165, 1.54) is 7.05 Å². The van der Waals surface area contributed by atoms with E-state index in [0.717, 1.165) is 23.3 Å². The van der Waals surface area contributed by atoms with Gasteiger partial charge in [0.05, 0.1) is 0 Å². The van der Waals surface area contributed by atoms with Gasteiger partial charge in [-0.2, -0.15) is 0 Å². The Hall–Kier alpha value is -2.43. The minimum atomic E-state index is -0.803. The van der Waals surface area contributed by atoms with Crippen molar-refractivity contribution in [1.29, 1.82) is 0 Å². The number of benzene rings is 2. The van der Waals surface area contributed by atoms with Gasteiger partial charge in [-0.1, -0.05) is 6.07 Å². The molecule has 0 saturated carbocycles. The van der Waals surface area contributed by atoms with Gasteiger partial charge >= 0.3 is 0 Å². The molecule has 2 aromatic rings. The van der Waals surface area contributed by atoms with Gasteiger partial charge in [0.25, 0.3) is 5.91 Å². The molecule has 0 fully saturated rings. The van der Waals surface area contributed by atoms with E-state index in [1.807, 2.05) is 19.9 Å². The maximum Gasteiger partial charge on any atom is 0.255 e. The van der Waals surface area contributed by atoms with E-state index >= 15 is 0 Å². The largest absolute Gasteiger partial charge is 0.383 e. The fourth-order valence-electron chi connectivity index (χ4n) is 2.19. The average molecular weight is 290 g/mol. The molecule has 1 amide bonds. The van der Waals surface area contributed by atoms with Crippen LogP contribution in [0.3, 0.4) is 0 Å². The van der Waals surface area contributed by atoms with Crippen LogP contribution in [0.2, 0.25) is 0 Å². The fourth-order valence-corrected chi connectivity index (χ4v) is 2.19. The normalized spacial score (nSPS) is 10.3. The van der Waals surface area contributed by atoms with Crippen molar-refractivity contribution >= 4 is 17.3 Å². The molecule has 2 N–H and O–H groups in total. The summed E-state index contributed by atoms with van der Waals surface area (Å²) in [6, 6.07) is 7.57. The molecule has 0 aliphatic rings. The van der Waals surface area contributed by atoms with Crippen LogP contribution >= 0.6 is 0 Å². The van der Waals surface area contributed by atoms with Crippen molar-refractivity contribution in [2.45, 2.75) is 13.8 Å². The van der Waals surface area contributed by atoms with Gasteiger partial charge in [-0.3, -0.25) is 4.79 Å². The molecule has 0 spiro atoms. The highest BCUT2D eigenvalue weighted by atomic mass is 19.1. The molecule has 0 radical (unpaired) electrons. The Labute approximate surface area is 122 Å². The minimum absolute atomic E-state index is 0.0665. The van der Waals surface area contributed by atoms with Crippen LogP contribution in [0.1, 0.15) is 21.5 Å². The second-order valence-electron chi connectivity index (χ2n) is 4.90. The van der Waals surface area contributed by atoms with Crippen LogP contribution in [-0.4, -0.2) is 13.0 Å². The molecule has 110 valence electrons. The zero-order valence-corrected chi connectivity index (χ0v) is 12.1. The first kappa shape index (κ1) is 15.0. The van der Waals surface area contributed by atoms with Crippen molar-refractivity contribution in [1.82, 2.24) is 0 Å².